The zero-order chi connectivity index (χ0) is 21.3. The molecule has 30 heavy (non-hydrogen) atoms. The summed E-state index contributed by atoms with van der Waals surface area (Å²) in [5.41, 5.74) is 11.6. The van der Waals surface area contributed by atoms with E-state index in [1.807, 2.05) is 4.68 Å². The van der Waals surface area contributed by atoms with Gasteiger partial charge in [0.2, 0.25) is 5.91 Å². The van der Waals surface area contributed by atoms with Crippen molar-refractivity contribution in [2.75, 3.05) is 18.8 Å². The van der Waals surface area contributed by atoms with Crippen molar-refractivity contribution in [1.29, 1.82) is 0 Å². The van der Waals surface area contributed by atoms with Crippen LogP contribution in [-0.2, 0) is 11.3 Å². The Kier molecular flexibility index (Phi) is 5.53. The van der Waals surface area contributed by atoms with Crippen molar-refractivity contribution >= 4 is 28.3 Å². The molecule has 0 bridgehead atoms. The van der Waals surface area contributed by atoms with E-state index >= 15 is 0 Å². The van der Waals surface area contributed by atoms with E-state index in [2.05, 4.69) is 48.6 Å². The molecule has 1 fully saturated rings. The summed E-state index contributed by atoms with van der Waals surface area (Å²) in [4.78, 5) is 22.2. The fourth-order valence-electron chi connectivity index (χ4n) is 4.10. The normalized spacial score (nSPS) is 17.1. The standard InChI is InChI=1S/C23H28N6O/c1-4-15-7-8-18(10-16(5-2)9-15)21-20-22(24)25-14-26-23(20)29(27-21)13-17-11-28(12-17)19(30)6-3/h6-7,9-10,14,17H,3-5,8,11-13H2,1-2H3,(H2,24,25,26). The van der Waals surface area contributed by atoms with E-state index in [4.69, 9.17) is 10.8 Å². The largest absolute Gasteiger partial charge is 0.383 e. The number of hydrogen-bond donors (Lipinski definition) is 1. The number of rotatable bonds is 6. The zero-order valence-corrected chi connectivity index (χ0v) is 17.6. The highest BCUT2D eigenvalue weighted by molar-refractivity contribution is 5.96. The van der Waals surface area contributed by atoms with Crippen LogP contribution in [-0.4, -0.2) is 43.6 Å². The number of aromatic nitrogens is 4. The summed E-state index contributed by atoms with van der Waals surface area (Å²) in [6.07, 6.45) is 12.4. The first-order valence-corrected chi connectivity index (χ1v) is 10.5. The molecule has 1 saturated heterocycles. The fraction of sp³-hybridized carbons (Fsp3) is 0.391. The van der Waals surface area contributed by atoms with Crippen LogP contribution in [0.2, 0.25) is 0 Å². The third kappa shape index (κ3) is 3.67. The van der Waals surface area contributed by atoms with E-state index < -0.39 is 0 Å². The molecular weight excluding hydrogens is 376 g/mol. The molecule has 0 aromatic carbocycles. The van der Waals surface area contributed by atoms with Crippen molar-refractivity contribution in [1.82, 2.24) is 24.6 Å². The van der Waals surface area contributed by atoms with Gasteiger partial charge < -0.3 is 10.6 Å². The number of nitrogens with zero attached hydrogens (tertiary/aromatic N) is 5. The molecule has 2 aliphatic rings. The Morgan fingerprint density at radius 1 is 1.23 bits per heavy atom. The number of amides is 1. The number of fused-ring (bicyclic) bond motifs is 1. The van der Waals surface area contributed by atoms with Gasteiger partial charge in [0, 0.05) is 25.6 Å². The van der Waals surface area contributed by atoms with Crippen LogP contribution < -0.4 is 5.73 Å². The minimum Gasteiger partial charge on any atom is -0.383 e. The minimum absolute atomic E-state index is 0.0233. The van der Waals surface area contributed by atoms with Crippen molar-refractivity contribution < 1.29 is 4.79 Å². The Hall–Kier alpha value is -3.22. The summed E-state index contributed by atoms with van der Waals surface area (Å²) in [6, 6.07) is 0. The second-order valence-corrected chi connectivity index (χ2v) is 7.88. The highest BCUT2D eigenvalue weighted by Gasteiger charge is 2.31. The Balaban J connectivity index is 1.69. The number of nitrogen functional groups attached to an aromatic ring is 1. The number of hydrogen-bond acceptors (Lipinski definition) is 5. The quantitative estimate of drug-likeness (QED) is 0.744. The van der Waals surface area contributed by atoms with Crippen LogP contribution in [0.15, 0.2) is 48.4 Å². The molecule has 1 amide bonds. The lowest BCUT2D eigenvalue weighted by molar-refractivity contribution is -0.132. The molecular formula is C23H28N6O. The van der Waals surface area contributed by atoms with Gasteiger partial charge in [-0.25, -0.2) is 14.6 Å². The SMILES string of the molecule is C=CC(=O)N1CC(Cn2nc(C3=CC(CC)=CC(CC)=CC3)c3c(N)ncnc32)C1. The molecule has 7 nitrogen and oxygen atoms in total. The van der Waals surface area contributed by atoms with Gasteiger partial charge in [0.1, 0.15) is 17.8 Å². The molecule has 2 aromatic rings. The number of carbonyl (C=O) groups is 1. The molecule has 2 aromatic heterocycles. The molecule has 0 saturated carbocycles. The van der Waals surface area contributed by atoms with Gasteiger partial charge in [0.05, 0.1) is 5.39 Å². The number of carbonyl (C=O) groups excluding carboxylic acids is 1. The lowest BCUT2D eigenvalue weighted by Crippen LogP contribution is -2.50. The number of likely N-dealkylation sites (tertiary alicyclic amines) is 1. The van der Waals surface area contributed by atoms with Gasteiger partial charge in [0.15, 0.2) is 5.65 Å². The van der Waals surface area contributed by atoms with Crippen LogP contribution in [0.4, 0.5) is 5.82 Å². The fourth-order valence-corrected chi connectivity index (χ4v) is 4.10. The summed E-state index contributed by atoms with van der Waals surface area (Å²) < 4.78 is 1.93. The number of allylic oxidation sites excluding steroid dienone is 6. The van der Waals surface area contributed by atoms with E-state index in [0.717, 1.165) is 41.6 Å². The number of anilines is 1. The molecule has 2 N–H and O–H groups in total. The first kappa shape index (κ1) is 20.1. The average molecular weight is 405 g/mol. The third-order valence-electron chi connectivity index (χ3n) is 5.87. The maximum Gasteiger partial charge on any atom is 0.245 e. The second-order valence-electron chi connectivity index (χ2n) is 7.88. The van der Waals surface area contributed by atoms with Gasteiger partial charge in [-0.05, 0) is 36.5 Å². The molecule has 7 heteroatoms. The summed E-state index contributed by atoms with van der Waals surface area (Å²) in [5, 5.41) is 5.74. The Morgan fingerprint density at radius 3 is 2.70 bits per heavy atom. The third-order valence-corrected chi connectivity index (χ3v) is 5.87. The van der Waals surface area contributed by atoms with Crippen molar-refractivity contribution in [3.63, 3.8) is 0 Å². The highest BCUT2D eigenvalue weighted by Crippen LogP contribution is 2.33. The van der Waals surface area contributed by atoms with Crippen LogP contribution >= 0.6 is 0 Å². The highest BCUT2D eigenvalue weighted by atomic mass is 16.2. The van der Waals surface area contributed by atoms with Crippen molar-refractivity contribution in [2.45, 2.75) is 39.7 Å². The van der Waals surface area contributed by atoms with Gasteiger partial charge >= 0.3 is 0 Å². The molecule has 1 aliphatic heterocycles. The molecule has 0 atom stereocenters. The molecule has 0 radical (unpaired) electrons. The molecule has 0 unspecified atom stereocenters. The number of nitrogens with two attached hydrogens (primary N) is 1. The van der Waals surface area contributed by atoms with Crippen LogP contribution in [0.5, 0.6) is 0 Å². The molecule has 156 valence electrons. The van der Waals surface area contributed by atoms with Crippen LogP contribution in [0.25, 0.3) is 16.6 Å². The maximum atomic E-state index is 11.7. The van der Waals surface area contributed by atoms with Gasteiger partial charge in [-0.15, -0.1) is 0 Å². The molecule has 4 rings (SSSR count). The Bertz CT molecular complexity index is 1080. The predicted octanol–water partition coefficient (Wildman–Crippen LogP) is 3.51. The van der Waals surface area contributed by atoms with Crippen molar-refractivity contribution in [3.05, 3.63) is 54.1 Å². The van der Waals surface area contributed by atoms with Crippen LogP contribution in [0, 0.1) is 5.92 Å². The van der Waals surface area contributed by atoms with E-state index in [-0.39, 0.29) is 5.91 Å². The Morgan fingerprint density at radius 2 is 2.00 bits per heavy atom. The lowest BCUT2D eigenvalue weighted by Gasteiger charge is -2.38. The second kappa shape index (κ2) is 8.26. The molecule has 1 aliphatic carbocycles. The smallest absolute Gasteiger partial charge is 0.245 e. The first-order valence-electron chi connectivity index (χ1n) is 10.5. The van der Waals surface area contributed by atoms with Crippen LogP contribution in [0.3, 0.4) is 0 Å². The van der Waals surface area contributed by atoms with E-state index in [9.17, 15) is 4.79 Å². The molecule has 0 spiro atoms. The lowest BCUT2D eigenvalue weighted by atomic mass is 10.0. The summed E-state index contributed by atoms with van der Waals surface area (Å²) in [7, 11) is 0. The van der Waals surface area contributed by atoms with Crippen molar-refractivity contribution in [2.24, 2.45) is 5.92 Å². The molecule has 3 heterocycles. The summed E-state index contributed by atoms with van der Waals surface area (Å²) in [5.74, 6) is 0.761. The monoisotopic (exact) mass is 404 g/mol. The van der Waals surface area contributed by atoms with E-state index in [0.29, 0.717) is 31.4 Å². The average Bonchev–Trinajstić information content (AvgIpc) is 2.96. The Labute approximate surface area is 176 Å². The van der Waals surface area contributed by atoms with Gasteiger partial charge in [-0.2, -0.15) is 5.10 Å². The van der Waals surface area contributed by atoms with Gasteiger partial charge in [-0.1, -0.05) is 44.2 Å². The minimum atomic E-state index is -0.0233. The van der Waals surface area contributed by atoms with Gasteiger partial charge in [0.25, 0.3) is 0 Å². The first-order chi connectivity index (χ1) is 14.5. The van der Waals surface area contributed by atoms with Crippen molar-refractivity contribution in [3.8, 4) is 0 Å². The van der Waals surface area contributed by atoms with Gasteiger partial charge in [-0.3, -0.25) is 4.79 Å². The summed E-state index contributed by atoms with van der Waals surface area (Å²) >= 11 is 0. The van der Waals surface area contributed by atoms with Crippen LogP contribution in [0.1, 0.15) is 38.8 Å². The zero-order valence-electron chi connectivity index (χ0n) is 17.6. The topological polar surface area (TPSA) is 89.9 Å². The van der Waals surface area contributed by atoms with E-state index in [1.165, 1.54) is 23.5 Å². The maximum absolute atomic E-state index is 11.7. The van der Waals surface area contributed by atoms with E-state index in [1.54, 1.807) is 4.90 Å². The summed E-state index contributed by atoms with van der Waals surface area (Å²) in [6.45, 7) is 10.00. The predicted molar refractivity (Wildman–Crippen MR) is 119 cm³/mol.